The molecule has 0 unspecified atom stereocenters. The van der Waals surface area contributed by atoms with E-state index in [2.05, 4.69) is 5.32 Å². The van der Waals surface area contributed by atoms with Crippen molar-refractivity contribution in [1.82, 2.24) is 0 Å². The van der Waals surface area contributed by atoms with Crippen LogP contribution in [0.5, 0.6) is 0 Å². The molecule has 0 aromatic heterocycles. The first-order chi connectivity index (χ1) is 23.0. The molecule has 49 heavy (non-hydrogen) atoms. The Morgan fingerprint density at radius 3 is 2.29 bits per heavy atom. The van der Waals surface area contributed by atoms with Crippen LogP contribution in [0.3, 0.4) is 0 Å². The summed E-state index contributed by atoms with van der Waals surface area (Å²) in [7, 11) is -3.86. The van der Waals surface area contributed by atoms with Gasteiger partial charge in [-0.1, -0.05) is 25.1 Å². The maximum Gasteiger partial charge on any atom is 0.206 e. The Morgan fingerprint density at radius 2 is 1.67 bits per heavy atom. The number of Topliss-reactive ketones (excluding diaryl/α,β-unsaturated/α-hetero) is 1. The van der Waals surface area contributed by atoms with Crippen LogP contribution >= 0.6 is 0 Å². The number of carbonyl (C=O) groups excluding carboxylic acids is 2. The summed E-state index contributed by atoms with van der Waals surface area (Å²) in [6, 6.07) is 12.6. The van der Waals surface area contributed by atoms with Crippen LogP contribution in [0.25, 0.3) is 0 Å². The van der Waals surface area contributed by atoms with E-state index in [0.29, 0.717) is 5.56 Å². The van der Waals surface area contributed by atoms with E-state index in [4.69, 9.17) is 9.47 Å². The maximum absolute atomic E-state index is 17.6. The molecule has 7 rings (SSSR count). The van der Waals surface area contributed by atoms with Crippen LogP contribution in [0.15, 0.2) is 82.1 Å². The Kier molecular flexibility index (Phi) is 7.92. The lowest BCUT2D eigenvalue weighted by Gasteiger charge is -2.63. The van der Waals surface area contributed by atoms with Crippen molar-refractivity contribution < 1.29 is 46.5 Å². The smallest absolute Gasteiger partial charge is 0.206 e. The summed E-state index contributed by atoms with van der Waals surface area (Å²) in [5.41, 5.74) is -5.78. The van der Waals surface area contributed by atoms with Gasteiger partial charge in [-0.3, -0.25) is 9.59 Å². The van der Waals surface area contributed by atoms with Crippen LogP contribution in [-0.4, -0.2) is 72.5 Å². The first-order valence-electron chi connectivity index (χ1n) is 16.7. The number of hydrogen-bond acceptors (Lipinski definition) is 9. The summed E-state index contributed by atoms with van der Waals surface area (Å²) in [4.78, 5) is 26.1. The van der Waals surface area contributed by atoms with Gasteiger partial charge in [-0.05, 0) is 100 Å². The Bertz CT molecular complexity index is 1860. The number of carbonyl (C=O) groups is 2. The molecular weight excluding hydrogens is 656 g/mol. The third kappa shape index (κ3) is 4.63. The summed E-state index contributed by atoms with van der Waals surface area (Å²) < 4.78 is 73.1. The Morgan fingerprint density at radius 1 is 1.04 bits per heavy atom. The number of allylic oxidation sites excluding steroid dienone is 4. The lowest BCUT2D eigenvalue weighted by molar-refractivity contribution is -0.235. The molecule has 1 heterocycles. The number of anilines is 1. The van der Waals surface area contributed by atoms with Crippen molar-refractivity contribution >= 4 is 27.1 Å². The maximum atomic E-state index is 17.6. The van der Waals surface area contributed by atoms with Gasteiger partial charge in [0.25, 0.3) is 0 Å². The number of fused-ring (bicyclic) bond motifs is 7. The minimum Gasteiger partial charge on any atom is -0.390 e. The number of hydrogen-bond donors (Lipinski definition) is 3. The molecule has 3 saturated carbocycles. The van der Waals surface area contributed by atoms with E-state index in [1.165, 1.54) is 55.5 Å². The Balaban J connectivity index is 1.19. The molecule has 1 saturated heterocycles. The molecule has 262 valence electrons. The highest BCUT2D eigenvalue weighted by molar-refractivity contribution is 7.91. The molecule has 12 heteroatoms. The molecule has 5 aliphatic rings. The molecule has 10 atom stereocenters. The van der Waals surface area contributed by atoms with Gasteiger partial charge in [0.2, 0.25) is 9.84 Å². The molecular formula is C37H41F2NO8S. The van der Waals surface area contributed by atoms with Crippen LogP contribution in [0.1, 0.15) is 58.8 Å². The molecule has 4 fully saturated rings. The molecule has 1 aliphatic heterocycles. The van der Waals surface area contributed by atoms with E-state index < -0.39 is 86.6 Å². The second-order valence-corrected chi connectivity index (χ2v) is 16.8. The number of ether oxygens (including phenoxy) is 2. The predicted molar refractivity (Wildman–Crippen MR) is 175 cm³/mol. The van der Waals surface area contributed by atoms with E-state index in [-0.39, 0.29) is 40.7 Å². The molecule has 0 bridgehead atoms. The Hall–Kier alpha value is -3.29. The fraction of sp³-hybridized carbons (Fsp3) is 0.514. The van der Waals surface area contributed by atoms with Gasteiger partial charge in [0.15, 0.2) is 29.1 Å². The van der Waals surface area contributed by atoms with E-state index >= 15 is 8.78 Å². The van der Waals surface area contributed by atoms with Crippen molar-refractivity contribution in [2.75, 3.05) is 11.9 Å². The van der Waals surface area contributed by atoms with Crippen molar-refractivity contribution in [3.63, 3.8) is 0 Å². The summed E-state index contributed by atoms with van der Waals surface area (Å²) in [6.45, 7) is 6.27. The van der Waals surface area contributed by atoms with E-state index in [1.54, 1.807) is 19.1 Å². The summed E-state index contributed by atoms with van der Waals surface area (Å²) >= 11 is 0. The first-order valence-corrected chi connectivity index (χ1v) is 18.2. The fourth-order valence-corrected chi connectivity index (χ4v) is 11.0. The standard InChI is InChI=1S/C37H41F2NO8S/c1-20(2)40-22-7-11-25(12-8-22)49(45,46)24-9-5-21(6-10-24)33-47-32-17-26-27-16-29(38)28-15-23(42)13-14-34(28,3)36(27,39)30(43)18-35(26,4)37(32,48-33)31(44)19-41/h5-15,20,26-27,29-30,32-33,40-41,43H,16-19H2,1-4H3/t26-,27-,29-,30-,32+,33+,34-,35-,36-,37+/m0/s1. The Labute approximate surface area is 284 Å². The molecule has 2 aromatic carbocycles. The zero-order chi connectivity index (χ0) is 35.3. The molecule has 0 amide bonds. The van der Waals surface area contributed by atoms with Crippen molar-refractivity contribution in [3.8, 4) is 0 Å². The largest absolute Gasteiger partial charge is 0.390 e. The number of ketones is 2. The number of aliphatic hydroxyl groups is 2. The fourth-order valence-electron chi connectivity index (χ4n) is 9.72. The van der Waals surface area contributed by atoms with Crippen LogP contribution in [-0.2, 0) is 28.9 Å². The van der Waals surface area contributed by atoms with Crippen molar-refractivity contribution in [1.29, 1.82) is 0 Å². The number of aliphatic hydroxyl groups excluding tert-OH is 2. The summed E-state index contributed by atoms with van der Waals surface area (Å²) in [6.07, 6.45) is -2.18. The zero-order valence-electron chi connectivity index (χ0n) is 27.7. The van der Waals surface area contributed by atoms with Gasteiger partial charge >= 0.3 is 0 Å². The van der Waals surface area contributed by atoms with Gasteiger partial charge < -0.3 is 25.0 Å². The van der Waals surface area contributed by atoms with Gasteiger partial charge in [0.1, 0.15) is 12.8 Å². The second-order valence-electron chi connectivity index (χ2n) is 14.9. The average molecular weight is 698 g/mol. The van der Waals surface area contributed by atoms with Gasteiger partial charge in [-0.25, -0.2) is 17.2 Å². The highest BCUT2D eigenvalue weighted by Gasteiger charge is 2.80. The van der Waals surface area contributed by atoms with Crippen LogP contribution in [0.4, 0.5) is 14.5 Å². The quantitative estimate of drug-likeness (QED) is 0.366. The van der Waals surface area contributed by atoms with Gasteiger partial charge in [0, 0.05) is 34.0 Å². The lowest BCUT2D eigenvalue weighted by atomic mass is 9.44. The third-order valence-corrected chi connectivity index (χ3v) is 13.8. The number of alkyl halides is 2. The third-order valence-electron chi connectivity index (χ3n) is 12.0. The van der Waals surface area contributed by atoms with Crippen molar-refractivity contribution in [2.45, 2.75) is 98.7 Å². The molecule has 2 aromatic rings. The van der Waals surface area contributed by atoms with E-state index in [1.807, 2.05) is 13.8 Å². The van der Waals surface area contributed by atoms with Crippen molar-refractivity contribution in [3.05, 3.63) is 77.9 Å². The van der Waals surface area contributed by atoms with E-state index in [9.17, 15) is 28.2 Å². The number of benzene rings is 2. The van der Waals surface area contributed by atoms with E-state index in [0.717, 1.165) is 11.8 Å². The molecule has 0 radical (unpaired) electrons. The molecule has 0 spiro atoms. The normalized spacial score (nSPS) is 39.5. The number of halogens is 2. The molecule has 4 aliphatic carbocycles. The SMILES string of the molecule is CC(C)Nc1ccc(S(=O)(=O)c2ccc([C@@H]3O[C@@H]4C[C@H]5[C@@H]6C[C@H](F)C7=CC(=O)C=C[C@]7(C)[C@@]6(F)[C@@H](O)C[C@]5(C)[C@]4(C(=O)CO)O3)cc2)cc1. The number of rotatable bonds is 7. The minimum atomic E-state index is -3.86. The number of nitrogens with one attached hydrogen (secondary N) is 1. The van der Waals surface area contributed by atoms with Crippen molar-refractivity contribution in [2.24, 2.45) is 22.7 Å². The average Bonchev–Trinajstić information content (AvgIpc) is 3.56. The van der Waals surface area contributed by atoms with Gasteiger partial charge in [-0.15, -0.1) is 0 Å². The zero-order valence-corrected chi connectivity index (χ0v) is 28.5. The lowest BCUT2D eigenvalue weighted by Crippen LogP contribution is -2.70. The molecule has 9 nitrogen and oxygen atoms in total. The highest BCUT2D eigenvalue weighted by atomic mass is 32.2. The highest BCUT2D eigenvalue weighted by Crippen LogP contribution is 2.72. The summed E-state index contributed by atoms with van der Waals surface area (Å²) in [5, 5.41) is 25.1. The monoisotopic (exact) mass is 697 g/mol. The predicted octanol–water partition coefficient (Wildman–Crippen LogP) is 4.98. The van der Waals surface area contributed by atoms with Crippen LogP contribution in [0.2, 0.25) is 0 Å². The second kappa shape index (κ2) is 11.4. The van der Waals surface area contributed by atoms with Crippen LogP contribution < -0.4 is 5.32 Å². The van der Waals surface area contributed by atoms with Gasteiger partial charge in [0.05, 0.1) is 22.0 Å². The minimum absolute atomic E-state index is 0.00100. The summed E-state index contributed by atoms with van der Waals surface area (Å²) in [5.74, 6) is -2.88. The molecule has 3 N–H and O–H groups in total. The number of sulfone groups is 1. The van der Waals surface area contributed by atoms with Gasteiger partial charge in [-0.2, -0.15) is 0 Å². The first kappa shape index (κ1) is 34.2. The topological polar surface area (TPSA) is 139 Å². The van der Waals surface area contributed by atoms with Crippen LogP contribution in [0, 0.1) is 22.7 Å².